The van der Waals surface area contributed by atoms with E-state index in [1.807, 2.05) is 24.1 Å². The second-order valence-corrected chi connectivity index (χ2v) is 4.32. The topological polar surface area (TPSA) is 62.5 Å². The van der Waals surface area contributed by atoms with Gasteiger partial charge in [-0.1, -0.05) is 0 Å². The number of hydrogen-bond acceptors (Lipinski definition) is 4. The van der Waals surface area contributed by atoms with Crippen molar-refractivity contribution in [3.8, 4) is 0 Å². The maximum absolute atomic E-state index is 11.5. The summed E-state index contributed by atoms with van der Waals surface area (Å²) in [5.74, 6) is 0.0978. The van der Waals surface area contributed by atoms with Gasteiger partial charge < -0.3 is 10.6 Å². The fourth-order valence-corrected chi connectivity index (χ4v) is 1.48. The molecule has 0 radical (unpaired) electrons. The fraction of sp³-hybridized carbons (Fsp3) is 0.500. The smallest absolute Gasteiger partial charge is 0.236 e. The number of nitrogens with zero attached hydrogens (tertiary/aromatic N) is 3. The summed E-state index contributed by atoms with van der Waals surface area (Å²) < 4.78 is 0. The molecule has 0 aliphatic rings. The van der Waals surface area contributed by atoms with Crippen molar-refractivity contribution in [3.63, 3.8) is 0 Å². The van der Waals surface area contributed by atoms with Crippen LogP contribution in [0.4, 0.5) is 0 Å². The number of amides is 1. The van der Waals surface area contributed by atoms with E-state index >= 15 is 0 Å². The second-order valence-electron chi connectivity index (χ2n) is 4.32. The Morgan fingerprint density at radius 1 is 1.41 bits per heavy atom. The van der Waals surface area contributed by atoms with E-state index in [9.17, 15) is 4.79 Å². The van der Waals surface area contributed by atoms with Crippen LogP contribution in [0.5, 0.6) is 0 Å². The molecule has 1 aromatic rings. The summed E-state index contributed by atoms with van der Waals surface area (Å²) in [4.78, 5) is 19.2. The highest BCUT2D eigenvalue weighted by molar-refractivity contribution is 5.77. The van der Waals surface area contributed by atoms with Crippen LogP contribution < -0.4 is 5.73 Å². The Labute approximate surface area is 102 Å². The molecular formula is C12H20N4O. The minimum atomic E-state index is 0.0978. The molecule has 2 N–H and O–H groups in total. The predicted molar refractivity (Wildman–Crippen MR) is 67.2 cm³/mol. The van der Waals surface area contributed by atoms with Crippen LogP contribution in [0.15, 0.2) is 18.3 Å². The van der Waals surface area contributed by atoms with Gasteiger partial charge in [0, 0.05) is 33.4 Å². The third-order valence-corrected chi connectivity index (χ3v) is 2.45. The number of aromatic nitrogens is 1. The van der Waals surface area contributed by atoms with Crippen LogP contribution in [-0.4, -0.2) is 48.4 Å². The molecule has 17 heavy (non-hydrogen) atoms. The minimum Gasteiger partial charge on any atom is -0.348 e. The van der Waals surface area contributed by atoms with Crippen molar-refractivity contribution in [2.24, 2.45) is 5.73 Å². The van der Waals surface area contributed by atoms with E-state index in [0.717, 1.165) is 17.8 Å². The molecule has 94 valence electrons. The lowest BCUT2D eigenvalue weighted by atomic mass is 10.2. The zero-order valence-corrected chi connectivity index (χ0v) is 10.7. The van der Waals surface area contributed by atoms with Gasteiger partial charge in [-0.3, -0.25) is 14.7 Å². The third kappa shape index (κ3) is 4.50. The Hall–Kier alpha value is -1.46. The van der Waals surface area contributed by atoms with E-state index in [0.29, 0.717) is 13.1 Å². The van der Waals surface area contributed by atoms with Crippen molar-refractivity contribution in [2.75, 3.05) is 27.7 Å². The Morgan fingerprint density at radius 2 is 2.12 bits per heavy atom. The van der Waals surface area contributed by atoms with Crippen molar-refractivity contribution >= 4 is 5.91 Å². The molecule has 5 heteroatoms. The van der Waals surface area contributed by atoms with Crippen LogP contribution in [0.3, 0.4) is 0 Å². The quantitative estimate of drug-likeness (QED) is 0.785. The highest BCUT2D eigenvalue weighted by atomic mass is 16.2. The molecule has 1 heterocycles. The van der Waals surface area contributed by atoms with Gasteiger partial charge >= 0.3 is 0 Å². The number of rotatable bonds is 5. The van der Waals surface area contributed by atoms with Crippen LogP contribution in [0.25, 0.3) is 0 Å². The first-order valence-corrected chi connectivity index (χ1v) is 5.55. The van der Waals surface area contributed by atoms with Crippen LogP contribution >= 0.6 is 0 Å². The minimum absolute atomic E-state index is 0.0978. The van der Waals surface area contributed by atoms with Gasteiger partial charge in [-0.2, -0.15) is 0 Å². The maximum atomic E-state index is 11.5. The van der Waals surface area contributed by atoms with E-state index in [4.69, 9.17) is 5.73 Å². The predicted octanol–water partition coefficient (Wildman–Crippen LogP) is 0.0603. The molecule has 5 nitrogen and oxygen atoms in total. The zero-order valence-electron chi connectivity index (χ0n) is 10.7. The van der Waals surface area contributed by atoms with Gasteiger partial charge in [0.25, 0.3) is 0 Å². The number of pyridine rings is 1. The van der Waals surface area contributed by atoms with E-state index in [2.05, 4.69) is 4.98 Å². The summed E-state index contributed by atoms with van der Waals surface area (Å²) in [6.45, 7) is 1.57. The van der Waals surface area contributed by atoms with Gasteiger partial charge in [-0.15, -0.1) is 0 Å². The van der Waals surface area contributed by atoms with Crippen molar-refractivity contribution < 1.29 is 4.79 Å². The van der Waals surface area contributed by atoms with Crippen LogP contribution in [-0.2, 0) is 17.9 Å². The highest BCUT2D eigenvalue weighted by Crippen LogP contribution is 2.04. The number of carbonyl (C=O) groups excluding carboxylic acids is 1. The summed E-state index contributed by atoms with van der Waals surface area (Å²) in [5, 5.41) is 0. The molecule has 0 atom stereocenters. The largest absolute Gasteiger partial charge is 0.348 e. The first-order chi connectivity index (χ1) is 8.02. The normalized spacial score (nSPS) is 10.6. The Morgan fingerprint density at radius 3 is 2.71 bits per heavy atom. The fourth-order valence-electron chi connectivity index (χ4n) is 1.48. The number of carbonyl (C=O) groups is 1. The molecular weight excluding hydrogens is 216 g/mol. The lowest BCUT2D eigenvalue weighted by molar-refractivity contribution is -0.129. The Balaban J connectivity index is 2.55. The number of nitrogens with two attached hydrogens (primary N) is 1. The molecule has 1 amide bonds. The molecule has 0 saturated carbocycles. The molecule has 1 aromatic heterocycles. The van der Waals surface area contributed by atoms with Gasteiger partial charge in [0.2, 0.25) is 5.91 Å². The number of hydrogen-bond donors (Lipinski definition) is 1. The molecule has 0 spiro atoms. The Bertz CT molecular complexity index is 379. The van der Waals surface area contributed by atoms with Gasteiger partial charge in [-0.05, 0) is 24.7 Å². The summed E-state index contributed by atoms with van der Waals surface area (Å²) in [6, 6.07) is 3.91. The summed E-state index contributed by atoms with van der Waals surface area (Å²) in [7, 11) is 5.44. The van der Waals surface area contributed by atoms with Gasteiger partial charge in [0.1, 0.15) is 0 Å². The molecule has 0 bridgehead atoms. The van der Waals surface area contributed by atoms with Crippen molar-refractivity contribution in [2.45, 2.75) is 13.1 Å². The van der Waals surface area contributed by atoms with Crippen LogP contribution in [0.2, 0.25) is 0 Å². The maximum Gasteiger partial charge on any atom is 0.236 e. The first kappa shape index (κ1) is 13.6. The van der Waals surface area contributed by atoms with Crippen molar-refractivity contribution in [1.29, 1.82) is 0 Å². The van der Waals surface area contributed by atoms with E-state index in [1.165, 1.54) is 0 Å². The van der Waals surface area contributed by atoms with Crippen LogP contribution in [0.1, 0.15) is 11.3 Å². The monoisotopic (exact) mass is 236 g/mol. The second kappa shape index (κ2) is 6.32. The molecule has 0 fully saturated rings. The lowest BCUT2D eigenvalue weighted by Gasteiger charge is -2.19. The third-order valence-electron chi connectivity index (χ3n) is 2.45. The van der Waals surface area contributed by atoms with E-state index in [-0.39, 0.29) is 5.91 Å². The van der Waals surface area contributed by atoms with Crippen molar-refractivity contribution in [3.05, 3.63) is 29.6 Å². The van der Waals surface area contributed by atoms with E-state index < -0.39 is 0 Å². The van der Waals surface area contributed by atoms with Gasteiger partial charge in [0.05, 0.1) is 12.2 Å². The first-order valence-electron chi connectivity index (χ1n) is 5.55. The SMILES string of the molecule is CN(CC(=O)N(C)C)Cc1ccnc(CN)c1. The number of likely N-dealkylation sites (N-methyl/N-ethyl adjacent to an activating group) is 2. The molecule has 1 rings (SSSR count). The highest BCUT2D eigenvalue weighted by Gasteiger charge is 2.08. The van der Waals surface area contributed by atoms with Gasteiger partial charge in [-0.25, -0.2) is 0 Å². The average Bonchev–Trinajstić information content (AvgIpc) is 2.28. The molecule has 0 aliphatic heterocycles. The zero-order chi connectivity index (χ0) is 12.8. The summed E-state index contributed by atoms with van der Waals surface area (Å²) in [6.07, 6.45) is 1.75. The standard InChI is InChI=1S/C12H20N4O/c1-15(2)12(17)9-16(3)8-10-4-5-14-11(6-10)7-13/h4-6H,7-9,13H2,1-3H3. The molecule has 0 aromatic carbocycles. The summed E-state index contributed by atoms with van der Waals surface area (Å²) in [5.41, 5.74) is 7.52. The molecule has 0 aliphatic carbocycles. The Kier molecular flexibility index (Phi) is 5.06. The van der Waals surface area contributed by atoms with Gasteiger partial charge in [0.15, 0.2) is 0 Å². The molecule has 0 unspecified atom stereocenters. The summed E-state index contributed by atoms with van der Waals surface area (Å²) >= 11 is 0. The average molecular weight is 236 g/mol. The van der Waals surface area contributed by atoms with Crippen LogP contribution in [0, 0.1) is 0 Å². The van der Waals surface area contributed by atoms with Crippen molar-refractivity contribution in [1.82, 2.24) is 14.8 Å². The lowest BCUT2D eigenvalue weighted by Crippen LogP contribution is -2.34. The molecule has 0 saturated heterocycles. The van der Waals surface area contributed by atoms with E-state index in [1.54, 1.807) is 25.2 Å².